The average Bonchev–Trinajstić information content (AvgIpc) is 0.968. The Labute approximate surface area is 751 Å². The summed E-state index contributed by atoms with van der Waals surface area (Å²) in [5.74, 6) is 0. The summed E-state index contributed by atoms with van der Waals surface area (Å²) in [7, 11) is -2.96. The molecule has 0 bridgehead atoms. The highest BCUT2D eigenvalue weighted by atomic mass is 28.3. The second-order valence-electron chi connectivity index (χ2n) is 34.5. The highest BCUT2D eigenvalue weighted by molar-refractivity contribution is 7.20. The molecule has 2 aromatic heterocycles. The molecule has 22 aromatic rings. The monoisotopic (exact) mass is 1650 g/mol. The van der Waals surface area contributed by atoms with Crippen molar-refractivity contribution in [2.45, 2.75) is 0 Å². The van der Waals surface area contributed by atoms with Crippen LogP contribution in [0, 0.1) is 0 Å². The Morgan fingerprint density at radius 1 is 0.171 bits per heavy atom. The van der Waals surface area contributed by atoms with E-state index in [-0.39, 0.29) is 13.4 Å². The quantitative estimate of drug-likeness (QED) is 0.0799. The van der Waals surface area contributed by atoms with Crippen molar-refractivity contribution in [3.05, 3.63) is 485 Å². The first-order valence-corrected chi connectivity index (χ1v) is 46.8. The number of rotatable bonds is 14. The first-order chi connectivity index (χ1) is 64.0. The standard InChI is InChI=1S/C120H80B2N6Si/c1-8-35-81(36-9-1)83-39-30-46-90(73-83)127-111-65-34-66-112-119(111)122(104-71-68-92(79-114(104)127)125-106-60-26-22-55-99(106)100-56-23-27-61-107(100)125)105-72-69-93(80-115(105)128(112)91-47-31-40-84(74-91)82-37-10-2-11-38-82)126-108-62-28-24-57-101(108)118-98(58-33-64-110(118)126)86-67-70-103-113(76-86)124(89-44-14-4-15-45-89)117-78-87(77-116-120(117)121(103)102-59-25-29-63-109(102)123(116)88-42-12-3-13-43-88)85-41-32-54-97(75-85)129(94-48-16-5-17-49-94,95-50-18-6-19-51-95)96-52-20-7-21-53-96/h1-80H. The molecule has 0 unspecified atom stereocenters. The van der Waals surface area contributed by atoms with Gasteiger partial charge in [-0.3, -0.25) is 0 Å². The van der Waals surface area contributed by atoms with Crippen molar-refractivity contribution in [1.29, 1.82) is 0 Å². The number of anilines is 12. The van der Waals surface area contributed by atoms with Crippen molar-refractivity contribution >= 4 is 187 Å². The molecule has 9 heteroatoms. The Morgan fingerprint density at radius 2 is 0.504 bits per heavy atom. The van der Waals surface area contributed by atoms with Crippen LogP contribution in [0.1, 0.15) is 0 Å². The molecule has 0 spiro atoms. The largest absolute Gasteiger partial charge is 0.311 e. The van der Waals surface area contributed by atoms with E-state index in [2.05, 4.69) is 514 Å². The molecule has 600 valence electrons. The number of para-hydroxylation sites is 6. The molecule has 0 amide bonds. The van der Waals surface area contributed by atoms with Gasteiger partial charge < -0.3 is 28.7 Å². The lowest BCUT2D eigenvalue weighted by Crippen LogP contribution is -2.74. The lowest BCUT2D eigenvalue weighted by molar-refractivity contribution is 1.17. The molecule has 20 aromatic carbocycles. The van der Waals surface area contributed by atoms with Crippen LogP contribution in [0.2, 0.25) is 0 Å². The normalized spacial score (nSPS) is 12.9. The molecule has 0 saturated carbocycles. The van der Waals surface area contributed by atoms with Crippen LogP contribution in [0.15, 0.2) is 485 Å². The maximum Gasteiger partial charge on any atom is 0.252 e. The van der Waals surface area contributed by atoms with E-state index in [1.807, 2.05) is 0 Å². The zero-order valence-corrected chi connectivity index (χ0v) is 71.5. The van der Waals surface area contributed by atoms with Gasteiger partial charge in [0.05, 0.1) is 22.1 Å². The third kappa shape index (κ3) is 11.5. The van der Waals surface area contributed by atoms with E-state index in [9.17, 15) is 0 Å². The fraction of sp³-hybridized carbons (Fsp3) is 0. The average molecular weight is 1660 g/mol. The third-order valence-corrected chi connectivity index (χ3v) is 32.5. The number of benzene rings is 20. The zero-order valence-electron chi connectivity index (χ0n) is 70.5. The summed E-state index contributed by atoms with van der Waals surface area (Å²) in [5.41, 5.74) is 37.1. The molecule has 0 fully saturated rings. The van der Waals surface area contributed by atoms with Gasteiger partial charge in [-0.1, -0.05) is 352 Å². The van der Waals surface area contributed by atoms with Crippen LogP contribution in [0.25, 0.3) is 99.5 Å². The molecule has 0 aliphatic carbocycles. The van der Waals surface area contributed by atoms with Crippen molar-refractivity contribution in [2.24, 2.45) is 0 Å². The fourth-order valence-electron chi connectivity index (χ4n) is 22.4. The molecular formula is C120H80B2N6Si. The third-order valence-electron chi connectivity index (χ3n) is 27.7. The summed E-state index contributed by atoms with van der Waals surface area (Å²) >= 11 is 0. The first-order valence-electron chi connectivity index (χ1n) is 44.8. The highest BCUT2D eigenvalue weighted by Crippen LogP contribution is 2.51. The number of hydrogen-bond donors (Lipinski definition) is 0. The topological polar surface area (TPSA) is 22.8 Å². The van der Waals surface area contributed by atoms with Crippen LogP contribution in [0.3, 0.4) is 0 Å². The molecule has 0 radical (unpaired) electrons. The molecule has 129 heavy (non-hydrogen) atoms. The summed E-state index contributed by atoms with van der Waals surface area (Å²) in [4.78, 5) is 10.2. The molecule has 6 nitrogen and oxygen atoms in total. The second kappa shape index (κ2) is 29.9. The molecule has 6 heterocycles. The summed E-state index contributed by atoms with van der Waals surface area (Å²) in [5, 5.41) is 10.2. The Morgan fingerprint density at radius 3 is 1.03 bits per heavy atom. The minimum absolute atomic E-state index is 0.118. The molecule has 4 aliphatic rings. The highest BCUT2D eigenvalue weighted by Gasteiger charge is 2.48. The van der Waals surface area contributed by atoms with E-state index in [1.54, 1.807) is 0 Å². The number of aromatic nitrogens is 2. The van der Waals surface area contributed by atoms with Crippen LogP contribution in [0.5, 0.6) is 0 Å². The van der Waals surface area contributed by atoms with Gasteiger partial charge in [-0.2, -0.15) is 0 Å². The molecule has 0 saturated heterocycles. The van der Waals surface area contributed by atoms with E-state index < -0.39 is 8.07 Å². The Balaban J connectivity index is 0.668. The smallest absolute Gasteiger partial charge is 0.252 e. The minimum Gasteiger partial charge on any atom is -0.311 e. The van der Waals surface area contributed by atoms with E-state index in [0.717, 1.165) is 118 Å². The summed E-state index contributed by atoms with van der Waals surface area (Å²) in [6.45, 7) is -0.283. The summed E-state index contributed by atoms with van der Waals surface area (Å²) < 4.78 is 5.01. The number of nitrogens with zero attached hydrogens (tertiary/aromatic N) is 6. The van der Waals surface area contributed by atoms with Gasteiger partial charge in [0.25, 0.3) is 13.4 Å². The lowest BCUT2D eigenvalue weighted by atomic mass is 9.33. The number of hydrogen-bond acceptors (Lipinski definition) is 4. The van der Waals surface area contributed by atoms with Crippen LogP contribution in [-0.2, 0) is 0 Å². The second-order valence-corrected chi connectivity index (χ2v) is 38.3. The minimum atomic E-state index is -2.96. The van der Waals surface area contributed by atoms with Crippen LogP contribution < -0.4 is 73.1 Å². The maximum absolute atomic E-state index is 2.96. The summed E-state index contributed by atoms with van der Waals surface area (Å²) in [6, 6.07) is 183. The van der Waals surface area contributed by atoms with E-state index >= 15 is 0 Å². The van der Waals surface area contributed by atoms with Gasteiger partial charge in [0, 0.05) is 101 Å². The maximum atomic E-state index is 2.59. The number of fused-ring (bicyclic) bond motifs is 14. The van der Waals surface area contributed by atoms with Crippen LogP contribution in [-0.4, -0.2) is 30.6 Å². The Bertz CT molecular complexity index is 8080. The van der Waals surface area contributed by atoms with Crippen molar-refractivity contribution in [3.63, 3.8) is 0 Å². The van der Waals surface area contributed by atoms with E-state index in [4.69, 9.17) is 0 Å². The predicted molar refractivity (Wildman–Crippen MR) is 549 cm³/mol. The molecule has 4 aliphatic heterocycles. The van der Waals surface area contributed by atoms with Gasteiger partial charge in [0.2, 0.25) is 0 Å². The van der Waals surface area contributed by atoms with Crippen LogP contribution >= 0.6 is 0 Å². The van der Waals surface area contributed by atoms with E-state index in [0.29, 0.717) is 0 Å². The molecular weight excluding hydrogens is 1580 g/mol. The van der Waals surface area contributed by atoms with Gasteiger partial charge in [0.1, 0.15) is 0 Å². The Hall–Kier alpha value is -16.5. The van der Waals surface area contributed by atoms with Gasteiger partial charge >= 0.3 is 0 Å². The van der Waals surface area contributed by atoms with E-state index in [1.165, 1.54) is 103 Å². The SMILES string of the molecule is c1ccc(-c2cccc(N3c4cc(-n5c6ccccc6c6ccccc65)ccc4B4c5ccc(-n6c7ccccc7c7c(-c8ccc9c(c8)N(c8ccccc8)c8cc(-c%10cccc([Si](c%11ccccc%11)(c%11ccccc%11)c%11ccccc%11)c%10)cc%10c8B9c8ccccc8N%10c8ccccc8)cccc76)cc5N(c5cccc(-c6ccccc6)c5)c5cccc3c54)c2)cc1. The Kier molecular flexibility index (Phi) is 17.2. The molecule has 0 atom stereocenters. The zero-order chi connectivity index (χ0) is 84.8. The van der Waals surface area contributed by atoms with Crippen molar-refractivity contribution in [2.75, 3.05) is 19.6 Å². The predicted octanol–water partition coefficient (Wildman–Crippen LogP) is 24.1. The molecule has 0 N–H and O–H groups in total. The van der Waals surface area contributed by atoms with Gasteiger partial charge in [-0.25, -0.2) is 0 Å². The van der Waals surface area contributed by atoms with Crippen molar-refractivity contribution in [1.82, 2.24) is 9.13 Å². The van der Waals surface area contributed by atoms with Crippen molar-refractivity contribution in [3.8, 4) is 55.9 Å². The molecule has 26 rings (SSSR count). The fourth-order valence-corrected chi connectivity index (χ4v) is 27.2. The van der Waals surface area contributed by atoms with Gasteiger partial charge in [-0.05, 0) is 231 Å². The van der Waals surface area contributed by atoms with Crippen molar-refractivity contribution < 1.29 is 0 Å². The summed E-state index contributed by atoms with van der Waals surface area (Å²) in [6.07, 6.45) is 0. The van der Waals surface area contributed by atoms with Gasteiger partial charge in [0.15, 0.2) is 8.07 Å². The van der Waals surface area contributed by atoms with Gasteiger partial charge in [-0.15, -0.1) is 0 Å². The van der Waals surface area contributed by atoms with Crippen LogP contribution in [0.4, 0.5) is 68.2 Å². The lowest BCUT2D eigenvalue weighted by Gasteiger charge is -2.44. The first kappa shape index (κ1) is 74.0.